The lowest BCUT2D eigenvalue weighted by Crippen LogP contribution is -2.36. The molecule has 0 saturated carbocycles. The molecule has 0 radical (unpaired) electrons. The Kier molecular flexibility index (Phi) is 4.04. The fourth-order valence-electron chi connectivity index (χ4n) is 1.71. The maximum absolute atomic E-state index is 10.3. The van der Waals surface area contributed by atoms with Crippen LogP contribution in [0.2, 0.25) is 0 Å². The summed E-state index contributed by atoms with van der Waals surface area (Å²) in [7, 11) is 1.76. The third-order valence-corrected chi connectivity index (χ3v) is 2.54. The Balaban J connectivity index is 2.92. The van der Waals surface area contributed by atoms with Crippen molar-refractivity contribution in [2.45, 2.75) is 39.9 Å². The third-order valence-electron chi connectivity index (χ3n) is 2.54. The van der Waals surface area contributed by atoms with Crippen LogP contribution in [0.25, 0.3) is 0 Å². The van der Waals surface area contributed by atoms with Crippen molar-refractivity contribution in [1.29, 1.82) is 0 Å². The van der Waals surface area contributed by atoms with Crippen LogP contribution < -0.4 is 0 Å². The first-order valence-corrected chi connectivity index (χ1v) is 5.52. The van der Waals surface area contributed by atoms with Crippen molar-refractivity contribution in [2.24, 2.45) is 12.5 Å². The van der Waals surface area contributed by atoms with Gasteiger partial charge in [0, 0.05) is 13.7 Å². The Morgan fingerprint density at radius 1 is 1.50 bits per heavy atom. The summed E-state index contributed by atoms with van der Waals surface area (Å²) in [5.74, 6) is 0. The van der Waals surface area contributed by atoms with E-state index in [4.69, 9.17) is 4.74 Å². The van der Waals surface area contributed by atoms with Gasteiger partial charge in [-0.2, -0.15) is 0 Å². The summed E-state index contributed by atoms with van der Waals surface area (Å²) in [5, 5.41) is 17.9. The second-order valence-corrected chi connectivity index (χ2v) is 4.97. The minimum absolute atomic E-state index is 0.139. The number of nitrogens with zero attached hydrogens (tertiary/aromatic N) is 3. The minimum Gasteiger partial charge on any atom is -0.384 e. The number of hydrogen-bond donors (Lipinski definition) is 1. The molecule has 2 atom stereocenters. The summed E-state index contributed by atoms with van der Waals surface area (Å²) < 4.78 is 7.20. The Morgan fingerprint density at radius 3 is 2.50 bits per heavy atom. The van der Waals surface area contributed by atoms with Gasteiger partial charge in [0.1, 0.15) is 6.10 Å². The van der Waals surface area contributed by atoms with Crippen LogP contribution in [-0.4, -0.2) is 32.8 Å². The second kappa shape index (κ2) is 4.93. The van der Waals surface area contributed by atoms with Gasteiger partial charge in [-0.3, -0.25) is 0 Å². The maximum Gasteiger partial charge on any atom is 0.124 e. The summed E-state index contributed by atoms with van der Waals surface area (Å²) in [6.45, 7) is 8.62. The van der Waals surface area contributed by atoms with Gasteiger partial charge in [-0.05, 0) is 12.3 Å². The van der Waals surface area contributed by atoms with Crippen molar-refractivity contribution < 1.29 is 9.84 Å². The van der Waals surface area contributed by atoms with E-state index in [1.165, 1.54) is 0 Å². The molecule has 2 unspecified atom stereocenters. The van der Waals surface area contributed by atoms with Crippen LogP contribution in [0, 0.1) is 5.41 Å². The van der Waals surface area contributed by atoms with Crippen LogP contribution in [0.15, 0.2) is 6.20 Å². The van der Waals surface area contributed by atoms with Gasteiger partial charge in [0.15, 0.2) is 0 Å². The van der Waals surface area contributed by atoms with Gasteiger partial charge < -0.3 is 9.84 Å². The molecule has 0 aromatic carbocycles. The van der Waals surface area contributed by atoms with Gasteiger partial charge in [0.2, 0.25) is 0 Å². The monoisotopic (exact) mass is 227 g/mol. The number of hydrogen-bond acceptors (Lipinski definition) is 4. The fraction of sp³-hybridized carbons (Fsp3) is 0.818. The van der Waals surface area contributed by atoms with E-state index in [-0.39, 0.29) is 11.5 Å². The third kappa shape index (κ3) is 2.80. The molecule has 0 fully saturated rings. The average molecular weight is 227 g/mol. The first kappa shape index (κ1) is 13.1. The van der Waals surface area contributed by atoms with Gasteiger partial charge >= 0.3 is 0 Å². The van der Waals surface area contributed by atoms with Crippen LogP contribution in [0.4, 0.5) is 0 Å². The number of ether oxygens (including phenoxy) is 1. The van der Waals surface area contributed by atoms with Crippen molar-refractivity contribution >= 4 is 0 Å². The SMILES string of the molecule is CCOC(C(O)c1cnnn1C)C(C)(C)C. The second-order valence-electron chi connectivity index (χ2n) is 4.97. The summed E-state index contributed by atoms with van der Waals surface area (Å²) in [6.07, 6.45) is 0.595. The maximum atomic E-state index is 10.3. The normalized spacial score (nSPS) is 16.1. The van der Waals surface area contributed by atoms with Crippen molar-refractivity contribution in [2.75, 3.05) is 6.61 Å². The van der Waals surface area contributed by atoms with Gasteiger partial charge in [-0.1, -0.05) is 26.0 Å². The smallest absolute Gasteiger partial charge is 0.124 e. The molecule has 1 N–H and O–H groups in total. The van der Waals surface area contributed by atoms with E-state index >= 15 is 0 Å². The van der Waals surface area contributed by atoms with E-state index in [2.05, 4.69) is 10.3 Å². The lowest BCUT2D eigenvalue weighted by Gasteiger charge is -2.33. The molecule has 92 valence electrons. The van der Waals surface area contributed by atoms with Crippen molar-refractivity contribution in [3.05, 3.63) is 11.9 Å². The topological polar surface area (TPSA) is 60.2 Å². The Labute approximate surface area is 96.4 Å². The Morgan fingerprint density at radius 2 is 2.12 bits per heavy atom. The van der Waals surface area contributed by atoms with E-state index in [0.717, 1.165) is 0 Å². The molecule has 5 nitrogen and oxygen atoms in total. The highest BCUT2D eigenvalue weighted by molar-refractivity contribution is 5.03. The van der Waals surface area contributed by atoms with Gasteiger partial charge in [0.05, 0.1) is 18.0 Å². The van der Waals surface area contributed by atoms with Crippen LogP contribution in [-0.2, 0) is 11.8 Å². The molecule has 0 aliphatic carbocycles. The first-order chi connectivity index (χ1) is 7.38. The zero-order valence-electron chi connectivity index (χ0n) is 10.6. The zero-order valence-corrected chi connectivity index (χ0v) is 10.6. The van der Waals surface area contributed by atoms with E-state index in [1.54, 1.807) is 17.9 Å². The number of aromatic nitrogens is 3. The molecule has 0 bridgehead atoms. The molecule has 1 heterocycles. The molecule has 0 aliphatic heterocycles. The molecule has 1 aromatic heterocycles. The van der Waals surface area contributed by atoms with E-state index in [0.29, 0.717) is 12.3 Å². The van der Waals surface area contributed by atoms with Gasteiger partial charge in [0.25, 0.3) is 0 Å². The lowest BCUT2D eigenvalue weighted by molar-refractivity contribution is -0.0923. The van der Waals surface area contributed by atoms with E-state index in [1.807, 2.05) is 27.7 Å². The lowest BCUT2D eigenvalue weighted by atomic mass is 9.84. The highest BCUT2D eigenvalue weighted by Gasteiger charge is 2.34. The van der Waals surface area contributed by atoms with Crippen LogP contribution >= 0.6 is 0 Å². The molecular formula is C11H21N3O2. The van der Waals surface area contributed by atoms with Crippen molar-refractivity contribution in [3.8, 4) is 0 Å². The minimum atomic E-state index is -0.708. The van der Waals surface area contributed by atoms with E-state index in [9.17, 15) is 5.11 Å². The summed E-state index contributed by atoms with van der Waals surface area (Å²) in [5.41, 5.74) is 0.535. The molecule has 0 amide bonds. The molecule has 1 aromatic rings. The summed E-state index contributed by atoms with van der Waals surface area (Å²) >= 11 is 0. The highest BCUT2D eigenvalue weighted by Crippen LogP contribution is 2.32. The predicted molar refractivity (Wildman–Crippen MR) is 60.8 cm³/mol. The average Bonchev–Trinajstić information content (AvgIpc) is 2.58. The highest BCUT2D eigenvalue weighted by atomic mass is 16.5. The van der Waals surface area contributed by atoms with Crippen LogP contribution in [0.1, 0.15) is 39.5 Å². The Bertz CT molecular complexity index is 330. The largest absolute Gasteiger partial charge is 0.384 e. The standard InChI is InChI=1S/C11H21N3O2/c1-6-16-10(11(2,3)4)9(15)8-7-12-13-14(8)5/h7,9-10,15H,6H2,1-5H3. The fourth-order valence-corrected chi connectivity index (χ4v) is 1.71. The number of aliphatic hydroxyl groups excluding tert-OH is 1. The molecule has 0 aliphatic rings. The quantitative estimate of drug-likeness (QED) is 0.842. The zero-order chi connectivity index (χ0) is 12.3. The Hall–Kier alpha value is -0.940. The van der Waals surface area contributed by atoms with E-state index < -0.39 is 6.10 Å². The number of aliphatic hydroxyl groups is 1. The van der Waals surface area contributed by atoms with Crippen LogP contribution in [0.3, 0.4) is 0 Å². The summed E-state index contributed by atoms with van der Waals surface area (Å²) in [6, 6.07) is 0. The molecule has 1 rings (SSSR count). The molecular weight excluding hydrogens is 206 g/mol. The van der Waals surface area contributed by atoms with Crippen molar-refractivity contribution in [1.82, 2.24) is 15.0 Å². The van der Waals surface area contributed by atoms with Crippen molar-refractivity contribution in [3.63, 3.8) is 0 Å². The molecule has 16 heavy (non-hydrogen) atoms. The first-order valence-electron chi connectivity index (χ1n) is 5.52. The van der Waals surface area contributed by atoms with Gasteiger partial charge in [-0.25, -0.2) is 4.68 Å². The number of rotatable bonds is 4. The van der Waals surface area contributed by atoms with Crippen LogP contribution in [0.5, 0.6) is 0 Å². The summed E-state index contributed by atoms with van der Waals surface area (Å²) in [4.78, 5) is 0. The van der Waals surface area contributed by atoms with Gasteiger partial charge in [-0.15, -0.1) is 5.10 Å². The number of aryl methyl sites for hydroxylation is 1. The molecule has 0 spiro atoms. The molecule has 5 heteroatoms. The molecule has 0 saturated heterocycles. The predicted octanol–water partition coefficient (Wildman–Crippen LogP) is 1.30.